The Morgan fingerprint density at radius 1 is 0.735 bits per heavy atom. The van der Waals surface area contributed by atoms with E-state index in [9.17, 15) is 24.0 Å². The molecule has 1 aliphatic carbocycles. The molecule has 0 spiro atoms. The molecule has 2 aliphatic rings. The maximum Gasteiger partial charge on any atom is 0.334 e. The fourth-order valence-electron chi connectivity index (χ4n) is 4.07. The van der Waals surface area contributed by atoms with Crippen LogP contribution in [0.1, 0.15) is 53.9 Å². The van der Waals surface area contributed by atoms with Gasteiger partial charge in [-0.3, -0.25) is 24.1 Å². The van der Waals surface area contributed by atoms with E-state index in [1.54, 1.807) is 60.7 Å². The van der Waals surface area contributed by atoms with E-state index in [0.29, 0.717) is 16.7 Å². The standard InChI is InChI=1S/C27H17NO6/c1-15(28-25(31)20-8-4-5-9-21(20)26(28)32)27(33)34-17-12-10-16(11-13-17)14-22-23(29)18-6-2-3-7-19(18)24(22)30/h2-15H,1H3. The van der Waals surface area contributed by atoms with Crippen molar-refractivity contribution in [1.82, 2.24) is 4.90 Å². The van der Waals surface area contributed by atoms with Crippen molar-refractivity contribution in [3.8, 4) is 5.75 Å². The summed E-state index contributed by atoms with van der Waals surface area (Å²) in [6.07, 6.45) is 1.50. The molecule has 0 aromatic heterocycles. The maximum absolute atomic E-state index is 12.6. The molecular weight excluding hydrogens is 434 g/mol. The number of benzene rings is 3. The van der Waals surface area contributed by atoms with Crippen LogP contribution in [0.15, 0.2) is 78.4 Å². The average molecular weight is 451 g/mol. The number of Topliss-reactive ketones (excluding diaryl/α,β-unsaturated/α-hetero) is 2. The Morgan fingerprint density at radius 2 is 1.21 bits per heavy atom. The van der Waals surface area contributed by atoms with Gasteiger partial charge < -0.3 is 4.74 Å². The van der Waals surface area contributed by atoms with E-state index in [4.69, 9.17) is 4.74 Å². The number of rotatable bonds is 4. The number of hydrogen-bond donors (Lipinski definition) is 0. The van der Waals surface area contributed by atoms with Gasteiger partial charge in [-0.15, -0.1) is 0 Å². The number of nitrogens with zero attached hydrogens (tertiary/aromatic N) is 1. The molecule has 7 heteroatoms. The Hall–Kier alpha value is -4.65. The van der Waals surface area contributed by atoms with E-state index in [2.05, 4.69) is 0 Å². The van der Waals surface area contributed by atoms with Crippen molar-refractivity contribution >= 4 is 35.4 Å². The van der Waals surface area contributed by atoms with Crippen molar-refractivity contribution in [3.05, 3.63) is 106 Å². The van der Waals surface area contributed by atoms with E-state index >= 15 is 0 Å². The molecule has 1 unspecified atom stereocenters. The zero-order valence-electron chi connectivity index (χ0n) is 18.0. The lowest BCUT2D eigenvalue weighted by Gasteiger charge is -2.20. The SMILES string of the molecule is CC(C(=O)Oc1ccc(C=C2C(=O)c3ccccc3C2=O)cc1)N1C(=O)c2ccccc2C1=O. The molecule has 1 heterocycles. The highest BCUT2D eigenvalue weighted by Gasteiger charge is 2.41. The molecule has 3 aromatic carbocycles. The van der Waals surface area contributed by atoms with Crippen LogP contribution in [0.4, 0.5) is 0 Å². The van der Waals surface area contributed by atoms with Crippen LogP contribution in [-0.2, 0) is 4.79 Å². The Labute approximate surface area is 194 Å². The van der Waals surface area contributed by atoms with Crippen LogP contribution in [0.3, 0.4) is 0 Å². The van der Waals surface area contributed by atoms with Crippen molar-refractivity contribution in [2.24, 2.45) is 0 Å². The number of ether oxygens (including phenoxy) is 1. The van der Waals surface area contributed by atoms with E-state index in [0.717, 1.165) is 4.90 Å². The van der Waals surface area contributed by atoms with E-state index < -0.39 is 23.8 Å². The van der Waals surface area contributed by atoms with Crippen molar-refractivity contribution in [1.29, 1.82) is 0 Å². The topological polar surface area (TPSA) is 97.8 Å². The number of carbonyl (C=O) groups excluding carboxylic acids is 5. The van der Waals surface area contributed by atoms with Crippen LogP contribution in [0.2, 0.25) is 0 Å². The second-order valence-corrected chi connectivity index (χ2v) is 7.95. The largest absolute Gasteiger partial charge is 0.425 e. The fraction of sp³-hybridized carbons (Fsp3) is 0.0741. The van der Waals surface area contributed by atoms with Gasteiger partial charge in [-0.2, -0.15) is 0 Å². The molecule has 5 rings (SSSR count). The van der Waals surface area contributed by atoms with Gasteiger partial charge in [0.2, 0.25) is 0 Å². The lowest BCUT2D eigenvalue weighted by molar-refractivity contribution is -0.138. The van der Waals surface area contributed by atoms with Crippen LogP contribution in [0.25, 0.3) is 6.08 Å². The lowest BCUT2D eigenvalue weighted by atomic mass is 10.1. The third kappa shape index (κ3) is 3.34. The van der Waals surface area contributed by atoms with E-state index in [-0.39, 0.29) is 34.0 Å². The van der Waals surface area contributed by atoms with E-state index in [1.807, 2.05) is 0 Å². The van der Waals surface area contributed by atoms with Crippen LogP contribution in [-0.4, -0.2) is 40.3 Å². The first kappa shape index (κ1) is 21.2. The summed E-state index contributed by atoms with van der Waals surface area (Å²) in [7, 11) is 0. The highest BCUT2D eigenvalue weighted by molar-refractivity contribution is 6.41. The number of carbonyl (C=O) groups is 5. The first-order chi connectivity index (χ1) is 16.4. The zero-order valence-corrected chi connectivity index (χ0v) is 18.0. The van der Waals surface area contributed by atoms with Crippen molar-refractivity contribution in [3.63, 3.8) is 0 Å². The normalized spacial score (nSPS) is 15.3. The lowest BCUT2D eigenvalue weighted by Crippen LogP contribution is -2.44. The second kappa shape index (κ2) is 8.04. The first-order valence-electron chi connectivity index (χ1n) is 10.6. The predicted molar refractivity (Wildman–Crippen MR) is 122 cm³/mol. The van der Waals surface area contributed by atoms with Gasteiger partial charge in [0.25, 0.3) is 11.8 Å². The number of hydrogen-bond acceptors (Lipinski definition) is 6. The van der Waals surface area contributed by atoms with Gasteiger partial charge in [0.1, 0.15) is 11.8 Å². The van der Waals surface area contributed by atoms with Gasteiger partial charge >= 0.3 is 5.97 Å². The molecule has 3 aromatic rings. The Morgan fingerprint density at radius 3 is 1.71 bits per heavy atom. The highest BCUT2D eigenvalue weighted by Crippen LogP contribution is 2.28. The summed E-state index contributed by atoms with van der Waals surface area (Å²) in [6, 6.07) is 18.1. The quantitative estimate of drug-likeness (QED) is 0.197. The van der Waals surface area contributed by atoms with Crippen LogP contribution in [0, 0.1) is 0 Å². The summed E-state index contributed by atoms with van der Waals surface area (Å²) < 4.78 is 5.36. The summed E-state index contributed by atoms with van der Waals surface area (Å²) in [6.45, 7) is 1.43. The summed E-state index contributed by atoms with van der Waals surface area (Å²) in [5.74, 6) is -2.31. The maximum atomic E-state index is 12.6. The molecule has 0 bridgehead atoms. The van der Waals surface area contributed by atoms with Crippen molar-refractivity contribution < 1.29 is 28.7 Å². The third-order valence-electron chi connectivity index (χ3n) is 5.87. The van der Waals surface area contributed by atoms with Crippen molar-refractivity contribution in [2.75, 3.05) is 0 Å². The van der Waals surface area contributed by atoms with Gasteiger partial charge in [-0.25, -0.2) is 4.79 Å². The van der Waals surface area contributed by atoms with Gasteiger partial charge in [-0.1, -0.05) is 48.5 Å². The Balaban J connectivity index is 1.30. The minimum atomic E-state index is -1.12. The molecule has 0 N–H and O–H groups in total. The minimum absolute atomic E-state index is 0.0743. The number of ketones is 2. The molecule has 0 saturated heterocycles. The molecule has 1 aliphatic heterocycles. The Bertz CT molecular complexity index is 1360. The zero-order chi connectivity index (χ0) is 24.0. The molecule has 7 nitrogen and oxygen atoms in total. The third-order valence-corrected chi connectivity index (χ3v) is 5.87. The minimum Gasteiger partial charge on any atom is -0.425 e. The number of amides is 2. The highest BCUT2D eigenvalue weighted by atomic mass is 16.5. The molecule has 2 amide bonds. The van der Waals surface area contributed by atoms with Gasteiger partial charge in [-0.05, 0) is 42.8 Å². The van der Waals surface area contributed by atoms with Crippen molar-refractivity contribution in [2.45, 2.75) is 13.0 Å². The molecule has 1 atom stereocenters. The van der Waals surface area contributed by atoms with Gasteiger partial charge in [0.05, 0.1) is 16.7 Å². The summed E-state index contributed by atoms with van der Waals surface area (Å²) in [5.41, 5.74) is 1.92. The fourth-order valence-corrected chi connectivity index (χ4v) is 4.07. The van der Waals surface area contributed by atoms with Crippen LogP contribution in [0.5, 0.6) is 5.75 Å². The predicted octanol–water partition coefficient (Wildman–Crippen LogP) is 3.74. The summed E-state index contributed by atoms with van der Waals surface area (Å²) in [4.78, 5) is 63.8. The first-order valence-corrected chi connectivity index (χ1v) is 10.6. The van der Waals surface area contributed by atoms with Crippen LogP contribution >= 0.6 is 0 Å². The molecule has 166 valence electrons. The second-order valence-electron chi connectivity index (χ2n) is 7.95. The van der Waals surface area contributed by atoms with Gasteiger partial charge in [0, 0.05) is 11.1 Å². The summed E-state index contributed by atoms with van der Waals surface area (Å²) >= 11 is 0. The number of fused-ring (bicyclic) bond motifs is 2. The molecule has 34 heavy (non-hydrogen) atoms. The van der Waals surface area contributed by atoms with E-state index in [1.165, 1.54) is 25.1 Å². The monoisotopic (exact) mass is 451 g/mol. The molecule has 0 fully saturated rings. The molecule has 0 saturated carbocycles. The number of esters is 1. The smallest absolute Gasteiger partial charge is 0.334 e. The molecule has 0 radical (unpaired) electrons. The Kier molecular flexibility index (Phi) is 5.02. The molecular formula is C27H17NO6. The number of allylic oxidation sites excluding steroid dienone is 1. The van der Waals surface area contributed by atoms with Gasteiger partial charge in [0.15, 0.2) is 11.6 Å². The van der Waals surface area contributed by atoms with Crippen LogP contribution < -0.4 is 4.74 Å². The average Bonchev–Trinajstić information content (AvgIpc) is 3.25. The number of imide groups is 1. The summed E-state index contributed by atoms with van der Waals surface area (Å²) in [5, 5.41) is 0.